The molecule has 0 radical (unpaired) electrons. The van der Waals surface area contributed by atoms with Crippen LogP contribution in [0.4, 0.5) is 0 Å². The third kappa shape index (κ3) is 3.85. The molecule has 0 unspecified atom stereocenters. The van der Waals surface area contributed by atoms with Crippen LogP contribution in [0.25, 0.3) is 0 Å². The number of rotatable bonds is 1. The van der Waals surface area contributed by atoms with Crippen LogP contribution in [-0.2, 0) is 0 Å². The fourth-order valence-electron chi connectivity index (χ4n) is 2.28. The highest BCUT2D eigenvalue weighted by Gasteiger charge is 2.24. The lowest BCUT2D eigenvalue weighted by Gasteiger charge is -2.34. The van der Waals surface area contributed by atoms with Crippen molar-refractivity contribution in [1.82, 2.24) is 10.2 Å². The Balaban J connectivity index is 0.00000162. The Morgan fingerprint density at radius 2 is 2.00 bits per heavy atom. The Labute approximate surface area is 127 Å². The summed E-state index contributed by atoms with van der Waals surface area (Å²) in [4.78, 5) is 14.5. The number of aryl methyl sites for hydroxylation is 1. The third-order valence-corrected chi connectivity index (χ3v) is 3.60. The second-order valence-electron chi connectivity index (χ2n) is 4.80. The van der Waals surface area contributed by atoms with Gasteiger partial charge in [0, 0.05) is 31.2 Å². The molecule has 108 valence electrons. The van der Waals surface area contributed by atoms with E-state index in [0.29, 0.717) is 0 Å². The van der Waals surface area contributed by atoms with Crippen LogP contribution in [-0.4, -0.2) is 36.5 Å². The van der Waals surface area contributed by atoms with E-state index in [1.807, 2.05) is 36.9 Å². The summed E-state index contributed by atoms with van der Waals surface area (Å²) in [6, 6.07) is 6.21. The first-order valence-electron chi connectivity index (χ1n) is 6.19. The Morgan fingerprint density at radius 3 is 2.63 bits per heavy atom. The van der Waals surface area contributed by atoms with E-state index in [1.165, 1.54) is 5.56 Å². The molecule has 1 heterocycles. The van der Waals surface area contributed by atoms with Crippen LogP contribution < -0.4 is 5.32 Å². The minimum Gasteiger partial charge on any atom is -0.333 e. The number of hydrogen-bond acceptors (Lipinski definition) is 2. The normalized spacial score (nSPS) is 18.3. The molecule has 1 aromatic carbocycles. The van der Waals surface area contributed by atoms with Crippen molar-refractivity contribution in [2.24, 2.45) is 0 Å². The van der Waals surface area contributed by atoms with E-state index in [-0.39, 0.29) is 36.8 Å². The van der Waals surface area contributed by atoms with E-state index < -0.39 is 0 Å². The van der Waals surface area contributed by atoms with Gasteiger partial charge in [-0.1, -0.05) is 12.1 Å². The average Bonchev–Trinajstić information content (AvgIpc) is 2.32. The molecule has 19 heavy (non-hydrogen) atoms. The van der Waals surface area contributed by atoms with Gasteiger partial charge in [-0.25, -0.2) is 0 Å². The molecule has 5 heteroatoms. The highest BCUT2D eigenvalue weighted by molar-refractivity contribution is 5.96. The molecular weight excluding hydrogens is 283 g/mol. The lowest BCUT2D eigenvalue weighted by atomic mass is 10.0. The monoisotopic (exact) mass is 304 g/mol. The summed E-state index contributed by atoms with van der Waals surface area (Å²) in [5, 5.41) is 3.30. The van der Waals surface area contributed by atoms with Gasteiger partial charge in [-0.15, -0.1) is 24.8 Å². The van der Waals surface area contributed by atoms with Gasteiger partial charge in [0.2, 0.25) is 0 Å². The fourth-order valence-corrected chi connectivity index (χ4v) is 2.28. The molecule has 1 aliphatic rings. The molecule has 1 saturated heterocycles. The summed E-state index contributed by atoms with van der Waals surface area (Å²) in [5.74, 6) is 0.167. The zero-order valence-corrected chi connectivity index (χ0v) is 13.2. The van der Waals surface area contributed by atoms with E-state index in [1.54, 1.807) is 0 Å². The maximum absolute atomic E-state index is 12.5. The highest BCUT2D eigenvalue weighted by atomic mass is 35.5. The van der Waals surface area contributed by atoms with E-state index in [0.717, 1.165) is 30.8 Å². The molecule has 0 aromatic heterocycles. The standard InChI is InChI=1S/C14H20N2O.2ClH/c1-10-5-4-6-13(12(10)3)14(17)16-8-7-15-9-11(16)2;;/h4-6,11,15H,7-9H2,1-3H3;2*1H/t11-;;/m0../s1. The Hall–Kier alpha value is -0.770. The van der Waals surface area contributed by atoms with E-state index in [2.05, 4.69) is 12.2 Å². The van der Waals surface area contributed by atoms with Crippen molar-refractivity contribution < 1.29 is 4.79 Å². The fraction of sp³-hybridized carbons (Fsp3) is 0.500. The van der Waals surface area contributed by atoms with Crippen molar-refractivity contribution in [2.45, 2.75) is 26.8 Å². The Kier molecular flexibility index (Phi) is 7.42. The average molecular weight is 305 g/mol. The number of hydrogen-bond donors (Lipinski definition) is 1. The largest absolute Gasteiger partial charge is 0.333 e. The quantitative estimate of drug-likeness (QED) is 0.865. The lowest BCUT2D eigenvalue weighted by Crippen LogP contribution is -2.52. The molecule has 1 N–H and O–H groups in total. The summed E-state index contributed by atoms with van der Waals surface area (Å²) >= 11 is 0. The third-order valence-electron chi connectivity index (χ3n) is 3.60. The van der Waals surface area contributed by atoms with Crippen LogP contribution in [0.5, 0.6) is 0 Å². The first-order valence-corrected chi connectivity index (χ1v) is 6.19. The number of nitrogens with one attached hydrogen (secondary N) is 1. The Bertz CT molecular complexity index is 437. The molecule has 1 fully saturated rings. The van der Waals surface area contributed by atoms with Crippen LogP contribution in [0.2, 0.25) is 0 Å². The number of piperazine rings is 1. The van der Waals surface area contributed by atoms with Crippen LogP contribution in [0.1, 0.15) is 28.4 Å². The molecule has 0 spiro atoms. The maximum Gasteiger partial charge on any atom is 0.254 e. The van der Waals surface area contributed by atoms with Crippen molar-refractivity contribution in [3.8, 4) is 0 Å². The van der Waals surface area contributed by atoms with E-state index in [4.69, 9.17) is 0 Å². The minimum absolute atomic E-state index is 0. The van der Waals surface area contributed by atoms with Crippen molar-refractivity contribution in [1.29, 1.82) is 0 Å². The summed E-state index contributed by atoms with van der Waals surface area (Å²) in [6.45, 7) is 8.74. The molecule has 1 amide bonds. The maximum atomic E-state index is 12.5. The van der Waals surface area contributed by atoms with Gasteiger partial charge in [-0.2, -0.15) is 0 Å². The van der Waals surface area contributed by atoms with Crippen molar-refractivity contribution in [3.05, 3.63) is 34.9 Å². The number of benzene rings is 1. The Morgan fingerprint density at radius 1 is 1.32 bits per heavy atom. The second kappa shape index (κ2) is 7.73. The predicted octanol–water partition coefficient (Wildman–Crippen LogP) is 2.58. The van der Waals surface area contributed by atoms with Gasteiger partial charge in [0.05, 0.1) is 0 Å². The topological polar surface area (TPSA) is 32.3 Å². The molecule has 3 nitrogen and oxygen atoms in total. The van der Waals surface area contributed by atoms with Crippen LogP contribution >= 0.6 is 24.8 Å². The zero-order chi connectivity index (χ0) is 12.4. The van der Waals surface area contributed by atoms with Gasteiger partial charge in [0.25, 0.3) is 5.91 Å². The van der Waals surface area contributed by atoms with Gasteiger partial charge in [-0.05, 0) is 38.0 Å². The number of amides is 1. The van der Waals surface area contributed by atoms with Gasteiger partial charge in [0.15, 0.2) is 0 Å². The molecule has 0 saturated carbocycles. The molecule has 1 aliphatic heterocycles. The first-order chi connectivity index (χ1) is 8.11. The van der Waals surface area contributed by atoms with Gasteiger partial charge >= 0.3 is 0 Å². The summed E-state index contributed by atoms with van der Waals surface area (Å²) in [7, 11) is 0. The number of carbonyl (C=O) groups is 1. The van der Waals surface area contributed by atoms with Gasteiger partial charge in [0.1, 0.15) is 0 Å². The van der Waals surface area contributed by atoms with Crippen LogP contribution in [0.15, 0.2) is 18.2 Å². The van der Waals surface area contributed by atoms with E-state index >= 15 is 0 Å². The minimum atomic E-state index is 0. The molecule has 1 aromatic rings. The summed E-state index contributed by atoms with van der Waals surface area (Å²) in [6.07, 6.45) is 0. The number of halogens is 2. The summed E-state index contributed by atoms with van der Waals surface area (Å²) in [5.41, 5.74) is 3.13. The lowest BCUT2D eigenvalue weighted by molar-refractivity contribution is 0.0655. The number of carbonyl (C=O) groups excluding carboxylic acids is 1. The van der Waals surface area contributed by atoms with E-state index in [9.17, 15) is 4.79 Å². The van der Waals surface area contributed by atoms with Crippen molar-refractivity contribution in [2.75, 3.05) is 19.6 Å². The second-order valence-corrected chi connectivity index (χ2v) is 4.80. The first kappa shape index (κ1) is 18.2. The van der Waals surface area contributed by atoms with Gasteiger partial charge in [-0.3, -0.25) is 4.79 Å². The molecular formula is C14H22Cl2N2O. The number of nitrogens with zero attached hydrogens (tertiary/aromatic N) is 1. The van der Waals surface area contributed by atoms with Crippen molar-refractivity contribution in [3.63, 3.8) is 0 Å². The van der Waals surface area contributed by atoms with Gasteiger partial charge < -0.3 is 10.2 Å². The van der Waals surface area contributed by atoms with Crippen LogP contribution in [0, 0.1) is 13.8 Å². The molecule has 2 rings (SSSR count). The highest BCUT2D eigenvalue weighted by Crippen LogP contribution is 2.17. The predicted molar refractivity (Wildman–Crippen MR) is 83.8 cm³/mol. The molecule has 0 aliphatic carbocycles. The van der Waals surface area contributed by atoms with Crippen LogP contribution in [0.3, 0.4) is 0 Å². The SMILES string of the molecule is Cc1cccc(C(=O)N2CCNC[C@@H]2C)c1C.Cl.Cl. The molecule has 0 bridgehead atoms. The van der Waals surface area contributed by atoms with Crippen molar-refractivity contribution >= 4 is 30.7 Å². The smallest absolute Gasteiger partial charge is 0.254 e. The summed E-state index contributed by atoms with van der Waals surface area (Å²) < 4.78 is 0. The zero-order valence-electron chi connectivity index (χ0n) is 11.6. The molecule has 1 atom stereocenters.